The monoisotopic (exact) mass is 267 g/mol. The summed E-state index contributed by atoms with van der Waals surface area (Å²) in [4.78, 5) is 25.4. The Kier molecular flexibility index (Phi) is 3.24. The molecular formula is C11H9NO5S. The van der Waals surface area contributed by atoms with Gasteiger partial charge in [-0.2, -0.15) is 0 Å². The Bertz CT molecular complexity index is 554. The highest BCUT2D eigenvalue weighted by Gasteiger charge is 2.26. The zero-order valence-corrected chi connectivity index (χ0v) is 9.85. The van der Waals surface area contributed by atoms with Crippen molar-refractivity contribution < 1.29 is 24.9 Å². The van der Waals surface area contributed by atoms with Gasteiger partial charge in [-0.05, 0) is 18.2 Å². The fourth-order valence-corrected chi connectivity index (χ4v) is 2.56. The molecule has 1 aromatic rings. The van der Waals surface area contributed by atoms with Gasteiger partial charge in [-0.1, -0.05) is 0 Å². The highest BCUT2D eigenvalue weighted by atomic mass is 32.2. The van der Waals surface area contributed by atoms with Crippen LogP contribution in [0.2, 0.25) is 0 Å². The number of phenolic OH excluding ortho intramolecular Hbond substituents is 1. The molecule has 0 aromatic heterocycles. The molecule has 0 unspecified atom stereocenters. The molecular weight excluding hydrogens is 258 g/mol. The maximum absolute atomic E-state index is 10.7. The second kappa shape index (κ2) is 4.69. The number of aliphatic carboxylic acids is 1. The maximum atomic E-state index is 10.7. The summed E-state index contributed by atoms with van der Waals surface area (Å²) >= 11 is 1.22. The molecule has 2 rings (SSSR count). The lowest BCUT2D eigenvalue weighted by Crippen LogP contribution is -2.17. The lowest BCUT2D eigenvalue weighted by atomic mass is 10.1. The van der Waals surface area contributed by atoms with Gasteiger partial charge in [-0.3, -0.25) is 4.99 Å². The lowest BCUT2D eigenvalue weighted by molar-refractivity contribution is -0.137. The highest BCUT2D eigenvalue weighted by molar-refractivity contribution is 8.14. The van der Waals surface area contributed by atoms with E-state index < -0.39 is 18.0 Å². The first-order chi connectivity index (χ1) is 8.49. The molecule has 1 aliphatic heterocycles. The molecule has 7 heteroatoms. The lowest BCUT2D eigenvalue weighted by Gasteiger charge is -2.04. The van der Waals surface area contributed by atoms with Gasteiger partial charge in [0, 0.05) is 11.3 Å². The van der Waals surface area contributed by atoms with Crippen LogP contribution in [-0.2, 0) is 4.79 Å². The van der Waals surface area contributed by atoms with Crippen molar-refractivity contribution in [2.24, 2.45) is 4.99 Å². The third-order valence-corrected chi connectivity index (χ3v) is 3.49. The van der Waals surface area contributed by atoms with Gasteiger partial charge >= 0.3 is 11.9 Å². The van der Waals surface area contributed by atoms with Crippen LogP contribution in [0.5, 0.6) is 5.75 Å². The molecule has 1 aliphatic rings. The normalized spacial score (nSPS) is 18.4. The molecule has 1 atom stereocenters. The van der Waals surface area contributed by atoms with E-state index in [0.717, 1.165) is 6.07 Å². The first kappa shape index (κ1) is 12.4. The fourth-order valence-electron chi connectivity index (χ4n) is 1.49. The number of phenols is 1. The van der Waals surface area contributed by atoms with Crippen molar-refractivity contribution in [3.05, 3.63) is 29.3 Å². The number of aromatic hydroxyl groups is 1. The summed E-state index contributed by atoms with van der Waals surface area (Å²) in [5, 5.41) is 27.7. The minimum atomic E-state index is -1.14. The first-order valence-corrected chi connectivity index (χ1v) is 5.97. The summed E-state index contributed by atoms with van der Waals surface area (Å²) in [6.45, 7) is 0. The minimum Gasteiger partial charge on any atom is -0.507 e. The number of aromatic carboxylic acids is 1. The van der Waals surface area contributed by atoms with Crippen molar-refractivity contribution in [2.45, 2.75) is 6.04 Å². The van der Waals surface area contributed by atoms with Gasteiger partial charge < -0.3 is 15.3 Å². The number of hydrogen-bond acceptors (Lipinski definition) is 5. The van der Waals surface area contributed by atoms with E-state index in [9.17, 15) is 14.7 Å². The Morgan fingerprint density at radius 3 is 2.56 bits per heavy atom. The minimum absolute atomic E-state index is 0.0327. The van der Waals surface area contributed by atoms with E-state index in [-0.39, 0.29) is 11.3 Å². The number of carboxylic acid groups (broad SMARTS) is 2. The SMILES string of the molecule is O=C(O)c1ccc(C2=N[C@@H](C(=O)O)CS2)c(O)c1. The van der Waals surface area contributed by atoms with Crippen LogP contribution in [0, 0.1) is 0 Å². The van der Waals surface area contributed by atoms with Crippen LogP contribution in [0.1, 0.15) is 15.9 Å². The summed E-state index contributed by atoms with van der Waals surface area (Å²) in [6, 6.07) is 3.07. The topological polar surface area (TPSA) is 107 Å². The molecule has 1 heterocycles. The van der Waals surface area contributed by atoms with Gasteiger partial charge in [-0.15, -0.1) is 11.8 Å². The average molecular weight is 267 g/mol. The predicted molar refractivity (Wildman–Crippen MR) is 65.5 cm³/mol. The van der Waals surface area contributed by atoms with Crippen LogP contribution in [0.3, 0.4) is 0 Å². The first-order valence-electron chi connectivity index (χ1n) is 4.99. The highest BCUT2D eigenvalue weighted by Crippen LogP contribution is 2.29. The van der Waals surface area contributed by atoms with E-state index in [1.165, 1.54) is 23.9 Å². The Hall–Kier alpha value is -2.02. The molecule has 0 fully saturated rings. The predicted octanol–water partition coefficient (Wildman–Crippen LogP) is 1.04. The van der Waals surface area contributed by atoms with E-state index in [4.69, 9.17) is 10.2 Å². The second-order valence-corrected chi connectivity index (χ2v) is 4.65. The molecule has 18 heavy (non-hydrogen) atoms. The molecule has 0 amide bonds. The van der Waals surface area contributed by atoms with Crippen LogP contribution in [0.15, 0.2) is 23.2 Å². The van der Waals surface area contributed by atoms with Crippen molar-refractivity contribution >= 4 is 28.7 Å². The number of rotatable bonds is 3. The summed E-state index contributed by atoms with van der Waals surface area (Å²) in [7, 11) is 0. The van der Waals surface area contributed by atoms with Crippen LogP contribution in [0.4, 0.5) is 0 Å². The van der Waals surface area contributed by atoms with Gasteiger partial charge in [0.25, 0.3) is 0 Å². The van der Waals surface area contributed by atoms with Gasteiger partial charge in [0.05, 0.1) is 5.56 Å². The van der Waals surface area contributed by atoms with Crippen LogP contribution in [0.25, 0.3) is 0 Å². The molecule has 0 saturated heterocycles. The summed E-state index contributed by atoms with van der Waals surface area (Å²) in [5.74, 6) is -2.06. The Morgan fingerprint density at radius 2 is 2.06 bits per heavy atom. The van der Waals surface area contributed by atoms with Crippen molar-refractivity contribution in [2.75, 3.05) is 5.75 Å². The number of aliphatic imine (C=N–C) groups is 1. The zero-order chi connectivity index (χ0) is 13.3. The van der Waals surface area contributed by atoms with E-state index in [1.807, 2.05) is 0 Å². The van der Waals surface area contributed by atoms with Gasteiger partial charge in [-0.25, -0.2) is 9.59 Å². The number of carbonyl (C=O) groups is 2. The van der Waals surface area contributed by atoms with Crippen molar-refractivity contribution in [3.63, 3.8) is 0 Å². The molecule has 94 valence electrons. The molecule has 0 radical (unpaired) electrons. The van der Waals surface area contributed by atoms with E-state index in [1.54, 1.807) is 0 Å². The largest absolute Gasteiger partial charge is 0.507 e. The summed E-state index contributed by atoms with van der Waals surface area (Å²) in [5.41, 5.74) is 0.323. The number of hydrogen-bond donors (Lipinski definition) is 3. The molecule has 6 nitrogen and oxygen atoms in total. The quantitative estimate of drug-likeness (QED) is 0.755. The van der Waals surface area contributed by atoms with Gasteiger partial charge in [0.15, 0.2) is 6.04 Å². The van der Waals surface area contributed by atoms with E-state index in [0.29, 0.717) is 16.4 Å². The van der Waals surface area contributed by atoms with Crippen LogP contribution < -0.4 is 0 Å². The molecule has 0 saturated carbocycles. The molecule has 0 bridgehead atoms. The third-order valence-electron chi connectivity index (χ3n) is 2.41. The number of nitrogens with zero attached hydrogens (tertiary/aromatic N) is 1. The fraction of sp³-hybridized carbons (Fsp3) is 0.182. The second-order valence-electron chi connectivity index (χ2n) is 3.64. The Balaban J connectivity index is 2.33. The van der Waals surface area contributed by atoms with E-state index >= 15 is 0 Å². The summed E-state index contributed by atoms with van der Waals surface area (Å²) in [6.07, 6.45) is 0. The van der Waals surface area contributed by atoms with Crippen molar-refractivity contribution in [1.29, 1.82) is 0 Å². The smallest absolute Gasteiger partial charge is 0.335 e. The molecule has 0 spiro atoms. The average Bonchev–Trinajstić information content (AvgIpc) is 2.78. The third kappa shape index (κ3) is 2.30. The zero-order valence-electron chi connectivity index (χ0n) is 9.03. The summed E-state index contributed by atoms with van der Waals surface area (Å²) < 4.78 is 0. The van der Waals surface area contributed by atoms with Crippen molar-refractivity contribution in [1.82, 2.24) is 0 Å². The number of thioether (sulfide) groups is 1. The maximum Gasteiger partial charge on any atom is 0.335 e. The van der Waals surface area contributed by atoms with E-state index in [2.05, 4.69) is 4.99 Å². The number of carboxylic acids is 2. The van der Waals surface area contributed by atoms with Crippen LogP contribution in [-0.4, -0.2) is 44.1 Å². The molecule has 1 aromatic carbocycles. The number of benzene rings is 1. The Morgan fingerprint density at radius 1 is 1.33 bits per heavy atom. The van der Waals surface area contributed by atoms with Crippen molar-refractivity contribution in [3.8, 4) is 5.75 Å². The Labute approximate surface area is 106 Å². The van der Waals surface area contributed by atoms with Gasteiger partial charge in [0.2, 0.25) is 0 Å². The van der Waals surface area contributed by atoms with Crippen LogP contribution >= 0.6 is 11.8 Å². The molecule has 0 aliphatic carbocycles. The standard InChI is InChI=1S/C11H9NO5S/c13-8-3-5(10(14)15)1-2-6(8)9-12-7(4-18-9)11(16)17/h1-3,7,13H,4H2,(H,14,15)(H,16,17)/t7-/m1/s1. The molecule has 3 N–H and O–H groups in total. The van der Waals surface area contributed by atoms with Gasteiger partial charge in [0.1, 0.15) is 10.8 Å².